The van der Waals surface area contributed by atoms with Gasteiger partial charge in [-0.25, -0.2) is 0 Å². The van der Waals surface area contributed by atoms with Crippen molar-refractivity contribution in [3.63, 3.8) is 0 Å². The third-order valence-corrected chi connectivity index (χ3v) is 3.47. The molecule has 0 aromatic carbocycles. The molecule has 1 saturated heterocycles. The molecule has 0 aliphatic carbocycles. The van der Waals surface area contributed by atoms with E-state index in [1.165, 1.54) is 0 Å². The van der Waals surface area contributed by atoms with Crippen LogP contribution in [0.4, 0.5) is 0 Å². The summed E-state index contributed by atoms with van der Waals surface area (Å²) >= 11 is 0. The van der Waals surface area contributed by atoms with Gasteiger partial charge < -0.3 is 10.1 Å². The monoisotopic (exact) mass is 228 g/mol. The summed E-state index contributed by atoms with van der Waals surface area (Å²) in [4.78, 5) is 2.54. The topological polar surface area (TPSA) is 24.5 Å². The maximum atomic E-state index is 5.44. The largest absolute Gasteiger partial charge is 0.380 e. The average molecular weight is 228 g/mol. The number of hydrogen-bond donors (Lipinski definition) is 1. The molecule has 1 rings (SSSR count). The second-order valence-electron chi connectivity index (χ2n) is 5.87. The summed E-state index contributed by atoms with van der Waals surface area (Å²) in [6.07, 6.45) is 0. The van der Waals surface area contributed by atoms with E-state index in [1.807, 2.05) is 0 Å². The lowest BCUT2D eigenvalue weighted by molar-refractivity contribution is 0.0553. The summed E-state index contributed by atoms with van der Waals surface area (Å²) in [5, 5.41) is 3.65. The van der Waals surface area contributed by atoms with Crippen molar-refractivity contribution >= 4 is 0 Å². The van der Waals surface area contributed by atoms with Crippen molar-refractivity contribution in [1.29, 1.82) is 0 Å². The minimum absolute atomic E-state index is 0.337. The highest BCUT2D eigenvalue weighted by atomic mass is 16.5. The minimum atomic E-state index is 0.337. The van der Waals surface area contributed by atoms with Crippen molar-refractivity contribution in [2.45, 2.75) is 46.7 Å². The van der Waals surface area contributed by atoms with E-state index in [0.717, 1.165) is 32.8 Å². The lowest BCUT2D eigenvalue weighted by Gasteiger charge is -2.44. The van der Waals surface area contributed by atoms with Crippen LogP contribution < -0.4 is 5.32 Å². The van der Waals surface area contributed by atoms with Gasteiger partial charge in [-0.15, -0.1) is 0 Å². The molecular weight excluding hydrogens is 200 g/mol. The van der Waals surface area contributed by atoms with Gasteiger partial charge in [-0.3, -0.25) is 4.90 Å². The van der Waals surface area contributed by atoms with Crippen molar-refractivity contribution in [2.24, 2.45) is 5.41 Å². The Kier molecular flexibility index (Phi) is 5.22. The second-order valence-corrected chi connectivity index (χ2v) is 5.87. The zero-order valence-electron chi connectivity index (χ0n) is 11.5. The van der Waals surface area contributed by atoms with E-state index < -0.39 is 0 Å². The predicted molar refractivity (Wildman–Crippen MR) is 68.8 cm³/mol. The minimum Gasteiger partial charge on any atom is -0.380 e. The van der Waals surface area contributed by atoms with Crippen LogP contribution in [0.1, 0.15) is 34.6 Å². The Hall–Kier alpha value is -0.120. The van der Waals surface area contributed by atoms with Crippen LogP contribution in [-0.4, -0.2) is 49.8 Å². The van der Waals surface area contributed by atoms with Crippen LogP contribution in [0.15, 0.2) is 0 Å². The van der Waals surface area contributed by atoms with Crippen molar-refractivity contribution in [3.8, 4) is 0 Å². The molecule has 1 aliphatic heterocycles. The molecule has 16 heavy (non-hydrogen) atoms. The maximum Gasteiger partial charge on any atom is 0.0593 e. The molecule has 2 unspecified atom stereocenters. The molecule has 3 nitrogen and oxygen atoms in total. The highest BCUT2D eigenvalue weighted by Gasteiger charge is 2.31. The molecule has 1 fully saturated rings. The summed E-state index contributed by atoms with van der Waals surface area (Å²) in [5.74, 6) is 0. The van der Waals surface area contributed by atoms with Gasteiger partial charge in [0.25, 0.3) is 0 Å². The molecule has 96 valence electrons. The number of piperazine rings is 1. The van der Waals surface area contributed by atoms with Crippen LogP contribution in [0, 0.1) is 5.41 Å². The van der Waals surface area contributed by atoms with Gasteiger partial charge in [-0.1, -0.05) is 20.8 Å². The van der Waals surface area contributed by atoms with E-state index in [2.05, 4.69) is 44.8 Å². The Morgan fingerprint density at radius 3 is 2.62 bits per heavy atom. The number of ether oxygens (including phenoxy) is 1. The van der Waals surface area contributed by atoms with Crippen LogP contribution in [0.25, 0.3) is 0 Å². The first-order valence-electron chi connectivity index (χ1n) is 6.50. The first-order valence-corrected chi connectivity index (χ1v) is 6.50. The Morgan fingerprint density at radius 1 is 1.38 bits per heavy atom. The highest BCUT2D eigenvalue weighted by molar-refractivity contribution is 4.90. The molecule has 0 aromatic rings. The van der Waals surface area contributed by atoms with Crippen LogP contribution in [0.2, 0.25) is 0 Å². The summed E-state index contributed by atoms with van der Waals surface area (Å²) < 4.78 is 5.44. The van der Waals surface area contributed by atoms with Gasteiger partial charge in [0.1, 0.15) is 0 Å². The summed E-state index contributed by atoms with van der Waals surface area (Å²) in [6.45, 7) is 16.2. The quantitative estimate of drug-likeness (QED) is 0.742. The number of nitrogens with one attached hydrogen (secondary N) is 1. The molecule has 0 saturated carbocycles. The van der Waals surface area contributed by atoms with Crippen molar-refractivity contribution in [3.05, 3.63) is 0 Å². The fraction of sp³-hybridized carbons (Fsp3) is 1.00. The molecule has 0 aromatic heterocycles. The van der Waals surface area contributed by atoms with Gasteiger partial charge in [-0.2, -0.15) is 0 Å². The zero-order valence-corrected chi connectivity index (χ0v) is 11.5. The Balaban J connectivity index is 2.42. The molecule has 0 bridgehead atoms. The standard InChI is InChI=1S/C13H28N2O/c1-6-16-8-7-15-10-12(13(3,4)5)14-9-11(15)2/h11-12,14H,6-10H2,1-5H3. The third-order valence-electron chi connectivity index (χ3n) is 3.47. The van der Waals surface area contributed by atoms with E-state index in [4.69, 9.17) is 4.74 Å². The lowest BCUT2D eigenvalue weighted by Crippen LogP contribution is -2.59. The predicted octanol–water partition coefficient (Wildman–Crippen LogP) is 1.73. The van der Waals surface area contributed by atoms with Gasteiger partial charge in [0.05, 0.1) is 6.61 Å². The molecule has 0 spiro atoms. The lowest BCUT2D eigenvalue weighted by atomic mass is 9.85. The smallest absolute Gasteiger partial charge is 0.0593 e. The molecule has 3 heteroatoms. The van der Waals surface area contributed by atoms with Gasteiger partial charge in [0, 0.05) is 38.3 Å². The summed E-state index contributed by atoms with van der Waals surface area (Å²) in [5.41, 5.74) is 0.337. The van der Waals surface area contributed by atoms with Crippen molar-refractivity contribution in [2.75, 3.05) is 32.8 Å². The van der Waals surface area contributed by atoms with Crippen LogP contribution in [-0.2, 0) is 4.74 Å². The molecule has 1 aliphatic rings. The van der Waals surface area contributed by atoms with E-state index in [9.17, 15) is 0 Å². The Labute approximate surface area is 101 Å². The Morgan fingerprint density at radius 2 is 2.06 bits per heavy atom. The molecule has 1 N–H and O–H groups in total. The maximum absolute atomic E-state index is 5.44. The fourth-order valence-corrected chi connectivity index (χ4v) is 2.14. The summed E-state index contributed by atoms with van der Waals surface area (Å²) in [7, 11) is 0. The van der Waals surface area contributed by atoms with Crippen LogP contribution in [0.5, 0.6) is 0 Å². The first-order chi connectivity index (χ1) is 7.45. The SMILES string of the molecule is CCOCCN1CC(C(C)(C)C)NCC1C. The first kappa shape index (κ1) is 13.9. The fourth-order valence-electron chi connectivity index (χ4n) is 2.14. The number of rotatable bonds is 4. The van der Waals surface area contributed by atoms with Gasteiger partial charge in [0.15, 0.2) is 0 Å². The average Bonchev–Trinajstić information content (AvgIpc) is 2.19. The van der Waals surface area contributed by atoms with Crippen LogP contribution >= 0.6 is 0 Å². The third kappa shape index (κ3) is 4.04. The van der Waals surface area contributed by atoms with Crippen LogP contribution in [0.3, 0.4) is 0 Å². The van der Waals surface area contributed by atoms with E-state index in [1.54, 1.807) is 0 Å². The van der Waals surface area contributed by atoms with Gasteiger partial charge in [0.2, 0.25) is 0 Å². The highest BCUT2D eigenvalue weighted by Crippen LogP contribution is 2.23. The second kappa shape index (κ2) is 5.99. The number of nitrogens with zero attached hydrogens (tertiary/aromatic N) is 1. The van der Waals surface area contributed by atoms with Gasteiger partial charge in [-0.05, 0) is 19.3 Å². The molecular formula is C13H28N2O. The molecule has 2 atom stereocenters. The van der Waals surface area contributed by atoms with E-state index in [-0.39, 0.29) is 0 Å². The zero-order chi connectivity index (χ0) is 12.2. The van der Waals surface area contributed by atoms with Gasteiger partial charge >= 0.3 is 0 Å². The van der Waals surface area contributed by atoms with E-state index >= 15 is 0 Å². The van der Waals surface area contributed by atoms with Crippen molar-refractivity contribution in [1.82, 2.24) is 10.2 Å². The molecule has 0 amide bonds. The normalized spacial score (nSPS) is 28.3. The molecule has 0 radical (unpaired) electrons. The molecule has 1 heterocycles. The summed E-state index contributed by atoms with van der Waals surface area (Å²) in [6, 6.07) is 1.21. The number of hydrogen-bond acceptors (Lipinski definition) is 3. The van der Waals surface area contributed by atoms with Crippen molar-refractivity contribution < 1.29 is 4.74 Å². The van der Waals surface area contributed by atoms with E-state index in [0.29, 0.717) is 17.5 Å². The Bertz CT molecular complexity index is 201.